The van der Waals surface area contributed by atoms with Crippen LogP contribution in [0.1, 0.15) is 24.5 Å². The second kappa shape index (κ2) is 7.68. The standard InChI is InChI=1S/C21H24N2/c1-17-7-5-6-10-21(17)23-16-19-13-11-18(12-14-19)15-22-20-8-3-2-4-9-20/h2-6,8-14,17,22-23H,7,15-16H2,1H3. The Labute approximate surface area is 138 Å². The van der Waals surface area contributed by atoms with E-state index in [2.05, 4.69) is 72.2 Å². The first kappa shape index (κ1) is 15.4. The van der Waals surface area contributed by atoms with Crippen LogP contribution in [-0.4, -0.2) is 0 Å². The van der Waals surface area contributed by atoms with E-state index < -0.39 is 0 Å². The lowest BCUT2D eigenvalue weighted by atomic mass is 9.99. The van der Waals surface area contributed by atoms with Crippen LogP contribution in [-0.2, 0) is 13.1 Å². The smallest absolute Gasteiger partial charge is 0.0400 e. The van der Waals surface area contributed by atoms with E-state index in [-0.39, 0.29) is 0 Å². The summed E-state index contributed by atoms with van der Waals surface area (Å²) in [4.78, 5) is 0. The maximum absolute atomic E-state index is 3.56. The predicted octanol–water partition coefficient (Wildman–Crippen LogP) is 4.87. The summed E-state index contributed by atoms with van der Waals surface area (Å²) >= 11 is 0. The van der Waals surface area contributed by atoms with Gasteiger partial charge in [0.2, 0.25) is 0 Å². The maximum Gasteiger partial charge on any atom is 0.0400 e. The molecule has 0 amide bonds. The minimum absolute atomic E-state index is 0.592. The highest BCUT2D eigenvalue weighted by molar-refractivity contribution is 5.43. The first-order valence-electron chi connectivity index (χ1n) is 8.28. The van der Waals surface area contributed by atoms with Crippen molar-refractivity contribution < 1.29 is 0 Å². The predicted molar refractivity (Wildman–Crippen MR) is 98.1 cm³/mol. The molecule has 2 aromatic rings. The molecule has 0 fully saturated rings. The zero-order valence-corrected chi connectivity index (χ0v) is 13.6. The zero-order chi connectivity index (χ0) is 15.9. The van der Waals surface area contributed by atoms with Gasteiger partial charge in [0, 0.05) is 24.5 Å². The number of allylic oxidation sites excluding steroid dienone is 4. The number of rotatable bonds is 6. The van der Waals surface area contributed by atoms with Gasteiger partial charge >= 0.3 is 0 Å². The monoisotopic (exact) mass is 304 g/mol. The Kier molecular flexibility index (Phi) is 5.15. The first-order chi connectivity index (χ1) is 11.3. The Balaban J connectivity index is 1.51. The van der Waals surface area contributed by atoms with Crippen molar-refractivity contribution in [2.24, 2.45) is 5.92 Å². The summed E-state index contributed by atoms with van der Waals surface area (Å²) in [6.07, 6.45) is 7.68. The summed E-state index contributed by atoms with van der Waals surface area (Å²) in [6, 6.07) is 19.1. The molecular formula is C21H24N2. The Morgan fingerprint density at radius 2 is 1.52 bits per heavy atom. The molecule has 1 atom stereocenters. The van der Waals surface area contributed by atoms with Gasteiger partial charge in [-0.15, -0.1) is 0 Å². The van der Waals surface area contributed by atoms with E-state index in [1.807, 2.05) is 18.2 Å². The molecule has 2 heteroatoms. The van der Waals surface area contributed by atoms with Gasteiger partial charge in [-0.05, 0) is 41.7 Å². The van der Waals surface area contributed by atoms with Crippen LogP contribution < -0.4 is 10.6 Å². The number of benzene rings is 2. The molecule has 0 aromatic heterocycles. The van der Waals surface area contributed by atoms with Crippen LogP contribution in [0.5, 0.6) is 0 Å². The second-order valence-corrected chi connectivity index (χ2v) is 6.08. The Morgan fingerprint density at radius 3 is 2.17 bits per heavy atom. The highest BCUT2D eigenvalue weighted by Gasteiger charge is 2.08. The van der Waals surface area contributed by atoms with Crippen molar-refractivity contribution in [3.63, 3.8) is 0 Å². The van der Waals surface area contributed by atoms with E-state index in [1.54, 1.807) is 0 Å². The van der Waals surface area contributed by atoms with Crippen LogP contribution in [0.4, 0.5) is 5.69 Å². The molecule has 118 valence electrons. The molecule has 0 saturated heterocycles. The lowest BCUT2D eigenvalue weighted by Crippen LogP contribution is -2.19. The molecule has 0 aliphatic heterocycles. The van der Waals surface area contributed by atoms with Gasteiger partial charge in [0.25, 0.3) is 0 Å². The molecule has 2 N–H and O–H groups in total. The quantitative estimate of drug-likeness (QED) is 0.795. The highest BCUT2D eigenvalue weighted by Crippen LogP contribution is 2.18. The molecule has 1 aliphatic carbocycles. The van der Waals surface area contributed by atoms with Crippen molar-refractivity contribution in [2.75, 3.05) is 5.32 Å². The van der Waals surface area contributed by atoms with Gasteiger partial charge < -0.3 is 10.6 Å². The summed E-state index contributed by atoms with van der Waals surface area (Å²) in [5, 5.41) is 7.00. The van der Waals surface area contributed by atoms with Crippen molar-refractivity contribution in [2.45, 2.75) is 26.4 Å². The SMILES string of the molecule is CC1CC=CC=C1NCc1ccc(CNc2ccccc2)cc1. The average Bonchev–Trinajstić information content (AvgIpc) is 2.61. The normalized spacial score (nSPS) is 16.7. The topological polar surface area (TPSA) is 24.1 Å². The molecule has 2 nitrogen and oxygen atoms in total. The molecule has 0 radical (unpaired) electrons. The molecular weight excluding hydrogens is 280 g/mol. The number of hydrogen-bond acceptors (Lipinski definition) is 2. The molecule has 1 aliphatic rings. The van der Waals surface area contributed by atoms with E-state index >= 15 is 0 Å². The Morgan fingerprint density at radius 1 is 0.870 bits per heavy atom. The summed E-state index contributed by atoms with van der Waals surface area (Å²) in [5.41, 5.74) is 5.11. The number of nitrogens with one attached hydrogen (secondary N) is 2. The number of para-hydroxylation sites is 1. The molecule has 23 heavy (non-hydrogen) atoms. The average molecular weight is 304 g/mol. The van der Waals surface area contributed by atoms with E-state index in [9.17, 15) is 0 Å². The fourth-order valence-electron chi connectivity index (χ4n) is 2.72. The van der Waals surface area contributed by atoms with Gasteiger partial charge in [0.05, 0.1) is 0 Å². The molecule has 0 bridgehead atoms. The maximum atomic E-state index is 3.56. The summed E-state index contributed by atoms with van der Waals surface area (Å²) in [7, 11) is 0. The van der Waals surface area contributed by atoms with E-state index in [0.717, 1.165) is 25.2 Å². The van der Waals surface area contributed by atoms with Crippen molar-refractivity contribution in [1.82, 2.24) is 5.32 Å². The minimum Gasteiger partial charge on any atom is -0.384 e. The minimum atomic E-state index is 0.592. The Hall–Kier alpha value is -2.48. The van der Waals surface area contributed by atoms with Gasteiger partial charge in [-0.1, -0.05) is 61.5 Å². The number of hydrogen-bond donors (Lipinski definition) is 2. The lowest BCUT2D eigenvalue weighted by molar-refractivity contribution is 0.604. The lowest BCUT2D eigenvalue weighted by Gasteiger charge is -2.19. The molecule has 1 unspecified atom stereocenters. The van der Waals surface area contributed by atoms with Gasteiger partial charge in [-0.3, -0.25) is 0 Å². The second-order valence-electron chi connectivity index (χ2n) is 6.08. The fourth-order valence-corrected chi connectivity index (χ4v) is 2.72. The first-order valence-corrected chi connectivity index (χ1v) is 8.28. The molecule has 3 rings (SSSR count). The van der Waals surface area contributed by atoms with Crippen molar-refractivity contribution in [3.05, 3.63) is 89.6 Å². The summed E-state index contributed by atoms with van der Waals surface area (Å²) in [6.45, 7) is 4.00. The van der Waals surface area contributed by atoms with Crippen molar-refractivity contribution in [3.8, 4) is 0 Å². The third-order valence-corrected chi connectivity index (χ3v) is 4.22. The molecule has 0 spiro atoms. The van der Waals surface area contributed by atoms with Crippen LogP contribution in [0.25, 0.3) is 0 Å². The van der Waals surface area contributed by atoms with Gasteiger partial charge in [-0.2, -0.15) is 0 Å². The van der Waals surface area contributed by atoms with Crippen LogP contribution in [0, 0.1) is 5.92 Å². The van der Waals surface area contributed by atoms with Gasteiger partial charge in [0.1, 0.15) is 0 Å². The van der Waals surface area contributed by atoms with Crippen molar-refractivity contribution >= 4 is 5.69 Å². The van der Waals surface area contributed by atoms with Crippen LogP contribution in [0.2, 0.25) is 0 Å². The van der Waals surface area contributed by atoms with Crippen LogP contribution in [0.3, 0.4) is 0 Å². The summed E-state index contributed by atoms with van der Waals surface area (Å²) < 4.78 is 0. The van der Waals surface area contributed by atoms with E-state index in [0.29, 0.717) is 5.92 Å². The van der Waals surface area contributed by atoms with Gasteiger partial charge in [0.15, 0.2) is 0 Å². The largest absolute Gasteiger partial charge is 0.384 e. The van der Waals surface area contributed by atoms with Crippen LogP contribution in [0.15, 0.2) is 78.5 Å². The molecule has 0 saturated carbocycles. The third kappa shape index (κ3) is 4.49. The third-order valence-electron chi connectivity index (χ3n) is 4.22. The van der Waals surface area contributed by atoms with E-state index in [4.69, 9.17) is 0 Å². The fraction of sp³-hybridized carbons (Fsp3) is 0.238. The Bertz CT molecular complexity index is 669. The van der Waals surface area contributed by atoms with Crippen molar-refractivity contribution in [1.29, 1.82) is 0 Å². The van der Waals surface area contributed by atoms with Crippen LogP contribution >= 0.6 is 0 Å². The zero-order valence-electron chi connectivity index (χ0n) is 13.6. The highest BCUT2D eigenvalue weighted by atomic mass is 14.9. The molecule has 2 aromatic carbocycles. The number of anilines is 1. The summed E-state index contributed by atoms with van der Waals surface area (Å²) in [5.74, 6) is 0.592. The van der Waals surface area contributed by atoms with Gasteiger partial charge in [-0.25, -0.2) is 0 Å². The molecule has 0 heterocycles. The van der Waals surface area contributed by atoms with E-state index in [1.165, 1.54) is 16.8 Å².